The average Bonchev–Trinajstić information content (AvgIpc) is 3.09. The maximum Gasteiger partial charge on any atom is 0.146 e. The van der Waals surface area contributed by atoms with Gasteiger partial charge in [-0.1, -0.05) is 0 Å². The van der Waals surface area contributed by atoms with E-state index in [1.165, 1.54) is 29.7 Å². The smallest absolute Gasteiger partial charge is 0.146 e. The van der Waals surface area contributed by atoms with Gasteiger partial charge >= 0.3 is 0 Å². The van der Waals surface area contributed by atoms with Gasteiger partial charge in [-0.05, 0) is 50.8 Å². The maximum atomic E-state index is 5.48. The molecule has 0 bridgehead atoms. The molecule has 2 saturated heterocycles. The molecule has 1 N–H and O–H groups in total. The molecule has 0 atom stereocenters. The van der Waals surface area contributed by atoms with Gasteiger partial charge in [0.15, 0.2) is 0 Å². The molecule has 2 fully saturated rings. The van der Waals surface area contributed by atoms with Gasteiger partial charge in [0.25, 0.3) is 0 Å². The molecule has 3 aromatic heterocycles. The molecule has 0 saturated carbocycles. The molecule has 3 aromatic rings. The Morgan fingerprint density at radius 2 is 1.84 bits per heavy atom. The fourth-order valence-electron chi connectivity index (χ4n) is 4.32. The van der Waals surface area contributed by atoms with E-state index in [2.05, 4.69) is 41.1 Å². The van der Waals surface area contributed by atoms with Crippen LogP contribution >= 0.6 is 11.3 Å². The number of aryl methyl sites for hydroxylation is 2. The highest BCUT2D eigenvalue weighted by Crippen LogP contribution is 2.35. The van der Waals surface area contributed by atoms with Gasteiger partial charge < -0.3 is 15.0 Å². The molecular formula is C23H30N6OS. The van der Waals surface area contributed by atoms with Crippen LogP contribution in [0.15, 0.2) is 18.3 Å². The molecule has 31 heavy (non-hydrogen) atoms. The summed E-state index contributed by atoms with van der Waals surface area (Å²) >= 11 is 1.74. The molecular weight excluding hydrogens is 408 g/mol. The van der Waals surface area contributed by atoms with Crippen molar-refractivity contribution in [2.45, 2.75) is 39.7 Å². The first-order valence-electron chi connectivity index (χ1n) is 11.2. The Balaban J connectivity index is 1.42. The van der Waals surface area contributed by atoms with Gasteiger partial charge in [0.2, 0.25) is 0 Å². The number of nitrogens with one attached hydrogen (secondary N) is 1. The van der Waals surface area contributed by atoms with Crippen LogP contribution in [0, 0.1) is 13.8 Å². The normalized spacial score (nSPS) is 17.9. The predicted octanol–water partition coefficient (Wildman–Crippen LogP) is 4.27. The van der Waals surface area contributed by atoms with Crippen LogP contribution in [0.3, 0.4) is 0 Å². The van der Waals surface area contributed by atoms with Crippen molar-refractivity contribution in [2.24, 2.45) is 0 Å². The van der Waals surface area contributed by atoms with E-state index in [0.717, 1.165) is 79.3 Å². The lowest BCUT2D eigenvalue weighted by atomic mass is 10.1. The van der Waals surface area contributed by atoms with Gasteiger partial charge in [-0.2, -0.15) is 0 Å². The maximum absolute atomic E-state index is 5.48. The zero-order chi connectivity index (χ0) is 21.2. The topological polar surface area (TPSA) is 66.4 Å². The molecule has 8 heteroatoms. The monoisotopic (exact) mass is 438 g/mol. The van der Waals surface area contributed by atoms with Crippen molar-refractivity contribution in [1.29, 1.82) is 0 Å². The fourth-order valence-corrected chi connectivity index (χ4v) is 5.37. The minimum Gasteiger partial charge on any atom is -0.379 e. The van der Waals surface area contributed by atoms with Crippen LogP contribution in [0.4, 0.5) is 17.3 Å². The van der Waals surface area contributed by atoms with Crippen molar-refractivity contribution in [3.8, 4) is 0 Å². The first-order valence-corrected chi connectivity index (χ1v) is 12.0. The first-order chi connectivity index (χ1) is 15.2. The number of nitrogens with zero attached hydrogens (tertiary/aromatic N) is 5. The summed E-state index contributed by atoms with van der Waals surface area (Å²) in [6.07, 6.45) is 5.76. The van der Waals surface area contributed by atoms with Crippen molar-refractivity contribution in [1.82, 2.24) is 19.9 Å². The van der Waals surface area contributed by atoms with Gasteiger partial charge in [-0.25, -0.2) is 15.0 Å². The summed E-state index contributed by atoms with van der Waals surface area (Å²) in [6.45, 7) is 10.7. The summed E-state index contributed by atoms with van der Waals surface area (Å²) in [4.78, 5) is 21.6. The summed E-state index contributed by atoms with van der Waals surface area (Å²) < 4.78 is 5.48. The highest BCUT2D eigenvalue weighted by Gasteiger charge is 2.18. The average molecular weight is 439 g/mol. The number of thiophene rings is 1. The Labute approximate surface area is 187 Å². The summed E-state index contributed by atoms with van der Waals surface area (Å²) in [7, 11) is 0. The highest BCUT2D eigenvalue weighted by molar-refractivity contribution is 7.18. The quantitative estimate of drug-likeness (QED) is 0.638. The number of hydrogen-bond acceptors (Lipinski definition) is 8. The summed E-state index contributed by atoms with van der Waals surface area (Å²) in [6, 6.07) is 4.23. The second-order valence-corrected chi connectivity index (χ2v) is 9.62. The van der Waals surface area contributed by atoms with E-state index in [9.17, 15) is 0 Å². The molecule has 5 heterocycles. The van der Waals surface area contributed by atoms with Crippen LogP contribution in [-0.2, 0) is 11.3 Å². The largest absolute Gasteiger partial charge is 0.379 e. The molecule has 0 radical (unpaired) electrons. The van der Waals surface area contributed by atoms with Gasteiger partial charge in [0.1, 0.15) is 22.3 Å². The molecule has 2 aliphatic rings. The highest BCUT2D eigenvalue weighted by atomic mass is 32.1. The fraction of sp³-hybridized carbons (Fsp3) is 0.522. The number of piperidine rings is 1. The second-order valence-electron chi connectivity index (χ2n) is 8.42. The Morgan fingerprint density at radius 1 is 1.03 bits per heavy atom. The van der Waals surface area contributed by atoms with Crippen LogP contribution in [0.25, 0.3) is 10.2 Å². The van der Waals surface area contributed by atoms with Crippen LogP contribution in [0.2, 0.25) is 0 Å². The third-order valence-corrected chi connectivity index (χ3v) is 7.34. The molecule has 164 valence electrons. The van der Waals surface area contributed by atoms with Crippen molar-refractivity contribution in [3.05, 3.63) is 34.6 Å². The number of fused-ring (bicyclic) bond motifs is 1. The summed E-state index contributed by atoms with van der Waals surface area (Å²) in [5, 5.41) is 4.66. The zero-order valence-electron chi connectivity index (χ0n) is 18.4. The summed E-state index contributed by atoms with van der Waals surface area (Å²) in [5.41, 5.74) is 2.21. The van der Waals surface area contributed by atoms with E-state index in [1.807, 2.05) is 6.20 Å². The minimum atomic E-state index is 0.746. The van der Waals surface area contributed by atoms with Crippen LogP contribution < -0.4 is 10.2 Å². The third kappa shape index (κ3) is 4.51. The molecule has 2 aliphatic heterocycles. The zero-order valence-corrected chi connectivity index (χ0v) is 19.2. The number of pyridine rings is 1. The van der Waals surface area contributed by atoms with Crippen LogP contribution in [-0.4, -0.2) is 59.2 Å². The lowest BCUT2D eigenvalue weighted by Crippen LogP contribution is -2.36. The number of morpholine rings is 1. The number of rotatable bonds is 5. The Hall–Kier alpha value is -2.29. The van der Waals surface area contributed by atoms with Crippen molar-refractivity contribution in [3.63, 3.8) is 0 Å². The van der Waals surface area contributed by atoms with Gasteiger partial charge in [-0.15, -0.1) is 11.3 Å². The van der Waals surface area contributed by atoms with Crippen LogP contribution in [0.1, 0.15) is 35.5 Å². The lowest BCUT2D eigenvalue weighted by molar-refractivity contribution is 0.0331. The second kappa shape index (κ2) is 9.06. The molecule has 0 amide bonds. The number of ether oxygens (including phenoxy) is 1. The molecule has 7 nitrogen and oxygen atoms in total. The molecule has 0 aliphatic carbocycles. The minimum absolute atomic E-state index is 0.746. The van der Waals surface area contributed by atoms with Crippen molar-refractivity contribution in [2.75, 3.05) is 49.6 Å². The first kappa shape index (κ1) is 20.6. The molecule has 0 unspecified atom stereocenters. The van der Waals surface area contributed by atoms with Crippen LogP contribution in [0.5, 0.6) is 0 Å². The molecule has 5 rings (SSSR count). The van der Waals surface area contributed by atoms with Gasteiger partial charge in [0.05, 0.1) is 37.0 Å². The Kier molecular flexibility index (Phi) is 6.02. The van der Waals surface area contributed by atoms with Crippen molar-refractivity contribution >= 4 is 38.9 Å². The van der Waals surface area contributed by atoms with E-state index >= 15 is 0 Å². The van der Waals surface area contributed by atoms with Gasteiger partial charge in [-0.3, -0.25) is 4.90 Å². The Bertz CT molecular complexity index is 1040. The predicted molar refractivity (Wildman–Crippen MR) is 127 cm³/mol. The van der Waals surface area contributed by atoms with E-state index in [-0.39, 0.29) is 0 Å². The van der Waals surface area contributed by atoms with E-state index in [1.54, 1.807) is 11.3 Å². The number of anilines is 3. The number of hydrogen-bond donors (Lipinski definition) is 1. The number of aromatic nitrogens is 3. The van der Waals surface area contributed by atoms with E-state index < -0.39 is 0 Å². The molecule has 0 spiro atoms. The van der Waals surface area contributed by atoms with E-state index in [4.69, 9.17) is 19.7 Å². The van der Waals surface area contributed by atoms with Crippen molar-refractivity contribution < 1.29 is 4.74 Å². The Morgan fingerprint density at radius 3 is 2.58 bits per heavy atom. The SMILES string of the molecule is Cc1sc2nc(CN3CCOCC3)nc(Nc3ccc(N4CCCCC4)nc3)c2c1C. The van der Waals surface area contributed by atoms with E-state index in [0.29, 0.717) is 0 Å². The lowest BCUT2D eigenvalue weighted by Gasteiger charge is -2.27. The standard InChI is InChI=1S/C23H30N6OS/c1-16-17(2)31-23-21(16)22(26-19(27-23)15-28-10-12-30-13-11-28)25-18-6-7-20(24-14-18)29-8-4-3-5-9-29/h6-7,14H,3-5,8-13,15H2,1-2H3,(H,25,26,27). The van der Waals surface area contributed by atoms with Gasteiger partial charge in [0, 0.05) is 31.1 Å². The summed E-state index contributed by atoms with van der Waals surface area (Å²) in [5.74, 6) is 2.80. The molecule has 0 aromatic carbocycles. The third-order valence-electron chi connectivity index (χ3n) is 6.23.